The molecule has 0 radical (unpaired) electrons. The van der Waals surface area contributed by atoms with Crippen LogP contribution in [0, 0.1) is 5.82 Å². The van der Waals surface area contributed by atoms with Crippen LogP contribution in [-0.4, -0.2) is 32.2 Å². The number of carbonyl (C=O) groups excluding carboxylic acids is 1. The van der Waals surface area contributed by atoms with E-state index in [-0.39, 0.29) is 17.0 Å². The fourth-order valence-electron chi connectivity index (χ4n) is 1.84. The lowest BCUT2D eigenvalue weighted by Crippen LogP contribution is -2.44. The number of benzene rings is 1. The second-order valence-corrected chi connectivity index (χ2v) is 5.50. The largest absolute Gasteiger partial charge is 0.383 e. The molecule has 2 N–H and O–H groups in total. The van der Waals surface area contributed by atoms with Gasteiger partial charge in [0.2, 0.25) is 5.91 Å². The van der Waals surface area contributed by atoms with Crippen molar-refractivity contribution in [3.63, 3.8) is 0 Å². The standard InChI is InChI=1S/C14H19Cl2FN2O2/c1-8(10-6-13(17)12(16)7-11(10)15)19-9(2)14(20)18-4-5-21-3/h6-9,19H,4-5H2,1-3H3,(H,18,20). The smallest absolute Gasteiger partial charge is 0.236 e. The molecule has 0 aliphatic carbocycles. The number of amides is 1. The maximum absolute atomic E-state index is 13.5. The van der Waals surface area contributed by atoms with Gasteiger partial charge >= 0.3 is 0 Å². The van der Waals surface area contributed by atoms with Gasteiger partial charge in [-0.2, -0.15) is 0 Å². The fraction of sp³-hybridized carbons (Fsp3) is 0.500. The molecule has 1 rings (SSSR count). The molecule has 1 amide bonds. The highest BCUT2D eigenvalue weighted by Crippen LogP contribution is 2.28. The molecule has 0 spiro atoms. The van der Waals surface area contributed by atoms with Crippen molar-refractivity contribution in [2.75, 3.05) is 20.3 Å². The summed E-state index contributed by atoms with van der Waals surface area (Å²) < 4.78 is 18.4. The third-order valence-electron chi connectivity index (χ3n) is 3.00. The number of hydrogen-bond acceptors (Lipinski definition) is 3. The molecule has 4 nitrogen and oxygen atoms in total. The SMILES string of the molecule is COCCNC(=O)C(C)NC(C)c1cc(F)c(Cl)cc1Cl. The predicted octanol–water partition coefficient (Wildman–Crippen LogP) is 2.93. The molecule has 0 aliphatic heterocycles. The van der Waals surface area contributed by atoms with Crippen LogP contribution < -0.4 is 10.6 Å². The zero-order valence-electron chi connectivity index (χ0n) is 12.2. The monoisotopic (exact) mass is 336 g/mol. The first-order valence-corrected chi connectivity index (χ1v) is 7.29. The number of hydrogen-bond donors (Lipinski definition) is 2. The Hall–Kier alpha value is -0.880. The number of methoxy groups -OCH3 is 1. The van der Waals surface area contributed by atoms with Crippen molar-refractivity contribution in [1.82, 2.24) is 10.6 Å². The van der Waals surface area contributed by atoms with E-state index in [0.717, 1.165) is 0 Å². The van der Waals surface area contributed by atoms with Crippen LogP contribution >= 0.6 is 23.2 Å². The summed E-state index contributed by atoms with van der Waals surface area (Å²) in [5, 5.41) is 6.11. The Labute approximate surface area is 133 Å². The van der Waals surface area contributed by atoms with Crippen LogP contribution in [0.4, 0.5) is 4.39 Å². The fourth-order valence-corrected chi connectivity index (χ4v) is 2.39. The van der Waals surface area contributed by atoms with Gasteiger partial charge in [-0.05, 0) is 31.5 Å². The van der Waals surface area contributed by atoms with Gasteiger partial charge in [0.1, 0.15) is 5.82 Å². The Bertz CT molecular complexity index is 500. The first-order valence-electron chi connectivity index (χ1n) is 6.54. The minimum absolute atomic E-state index is 0.0266. The third-order valence-corrected chi connectivity index (χ3v) is 3.62. The molecule has 0 saturated heterocycles. The summed E-state index contributed by atoms with van der Waals surface area (Å²) in [7, 11) is 1.56. The summed E-state index contributed by atoms with van der Waals surface area (Å²) in [6.07, 6.45) is 0. The normalized spacial score (nSPS) is 13.8. The second kappa shape index (κ2) is 8.54. The van der Waals surface area contributed by atoms with Crippen molar-refractivity contribution >= 4 is 29.1 Å². The lowest BCUT2D eigenvalue weighted by atomic mass is 10.1. The summed E-state index contributed by atoms with van der Waals surface area (Å²) >= 11 is 11.7. The first kappa shape index (κ1) is 18.2. The van der Waals surface area contributed by atoms with Crippen LogP contribution in [0.25, 0.3) is 0 Å². The maximum atomic E-state index is 13.5. The van der Waals surface area contributed by atoms with Crippen molar-refractivity contribution in [1.29, 1.82) is 0 Å². The number of carbonyl (C=O) groups is 1. The molecule has 0 saturated carbocycles. The minimum atomic E-state index is -0.540. The quantitative estimate of drug-likeness (QED) is 0.594. The molecule has 0 heterocycles. The van der Waals surface area contributed by atoms with Gasteiger partial charge in [0, 0.05) is 24.7 Å². The Kier molecular flexibility index (Phi) is 7.39. The molecule has 2 unspecified atom stereocenters. The number of rotatable bonds is 7. The summed E-state index contributed by atoms with van der Waals surface area (Å²) in [6.45, 7) is 4.40. The summed E-state index contributed by atoms with van der Waals surface area (Å²) in [6, 6.07) is 1.88. The zero-order valence-corrected chi connectivity index (χ0v) is 13.7. The molecule has 1 aromatic rings. The molecule has 118 valence electrons. The van der Waals surface area contributed by atoms with Gasteiger partial charge in [-0.3, -0.25) is 10.1 Å². The Balaban J connectivity index is 2.66. The van der Waals surface area contributed by atoms with E-state index in [1.165, 1.54) is 12.1 Å². The van der Waals surface area contributed by atoms with Crippen molar-refractivity contribution in [3.05, 3.63) is 33.6 Å². The summed E-state index contributed by atoms with van der Waals surface area (Å²) in [4.78, 5) is 11.8. The van der Waals surface area contributed by atoms with Crippen LogP contribution in [0.3, 0.4) is 0 Å². The van der Waals surface area contributed by atoms with Gasteiger partial charge in [-0.15, -0.1) is 0 Å². The average molecular weight is 337 g/mol. The van der Waals surface area contributed by atoms with Gasteiger partial charge in [0.25, 0.3) is 0 Å². The highest BCUT2D eigenvalue weighted by Gasteiger charge is 2.18. The minimum Gasteiger partial charge on any atom is -0.383 e. The number of nitrogens with one attached hydrogen (secondary N) is 2. The molecule has 1 aromatic carbocycles. The molecular formula is C14H19Cl2FN2O2. The van der Waals surface area contributed by atoms with E-state index in [2.05, 4.69) is 10.6 Å². The van der Waals surface area contributed by atoms with Crippen molar-refractivity contribution in [2.45, 2.75) is 25.9 Å². The van der Waals surface area contributed by atoms with Gasteiger partial charge in [-0.1, -0.05) is 23.2 Å². The Morgan fingerprint density at radius 1 is 1.33 bits per heavy atom. The van der Waals surface area contributed by atoms with Gasteiger partial charge in [-0.25, -0.2) is 4.39 Å². The maximum Gasteiger partial charge on any atom is 0.236 e. The predicted molar refractivity (Wildman–Crippen MR) is 82.3 cm³/mol. The van der Waals surface area contributed by atoms with E-state index in [4.69, 9.17) is 27.9 Å². The number of ether oxygens (including phenoxy) is 1. The Morgan fingerprint density at radius 2 is 2.00 bits per heavy atom. The van der Waals surface area contributed by atoms with Crippen LogP contribution in [0.15, 0.2) is 12.1 Å². The molecular weight excluding hydrogens is 318 g/mol. The van der Waals surface area contributed by atoms with E-state index < -0.39 is 11.9 Å². The van der Waals surface area contributed by atoms with E-state index in [9.17, 15) is 9.18 Å². The van der Waals surface area contributed by atoms with Gasteiger partial charge in [0.05, 0.1) is 17.7 Å². The van der Waals surface area contributed by atoms with Crippen molar-refractivity contribution < 1.29 is 13.9 Å². The van der Waals surface area contributed by atoms with Crippen molar-refractivity contribution in [2.24, 2.45) is 0 Å². The van der Waals surface area contributed by atoms with E-state index in [1.807, 2.05) is 0 Å². The van der Waals surface area contributed by atoms with Gasteiger partial charge < -0.3 is 10.1 Å². The highest BCUT2D eigenvalue weighted by atomic mass is 35.5. The topological polar surface area (TPSA) is 50.4 Å². The lowest BCUT2D eigenvalue weighted by molar-refractivity contribution is -0.123. The summed E-state index contributed by atoms with van der Waals surface area (Å²) in [5.41, 5.74) is 0.551. The molecule has 0 aromatic heterocycles. The van der Waals surface area contributed by atoms with Crippen LogP contribution in [-0.2, 0) is 9.53 Å². The molecule has 0 fully saturated rings. The van der Waals surface area contributed by atoms with E-state index in [1.54, 1.807) is 21.0 Å². The molecule has 2 atom stereocenters. The average Bonchev–Trinajstić information content (AvgIpc) is 2.42. The molecule has 7 heteroatoms. The van der Waals surface area contributed by atoms with E-state index in [0.29, 0.717) is 23.7 Å². The van der Waals surface area contributed by atoms with E-state index >= 15 is 0 Å². The van der Waals surface area contributed by atoms with Crippen LogP contribution in [0.1, 0.15) is 25.5 Å². The molecule has 21 heavy (non-hydrogen) atoms. The summed E-state index contributed by atoms with van der Waals surface area (Å²) in [5.74, 6) is -0.702. The van der Waals surface area contributed by atoms with Crippen LogP contribution in [0.2, 0.25) is 10.0 Å². The highest BCUT2D eigenvalue weighted by molar-refractivity contribution is 6.35. The molecule has 0 bridgehead atoms. The second-order valence-electron chi connectivity index (χ2n) is 4.68. The van der Waals surface area contributed by atoms with Gasteiger partial charge in [0.15, 0.2) is 0 Å². The number of halogens is 3. The zero-order chi connectivity index (χ0) is 16.0. The Morgan fingerprint density at radius 3 is 2.62 bits per heavy atom. The molecule has 0 aliphatic rings. The lowest BCUT2D eigenvalue weighted by Gasteiger charge is -2.21. The third kappa shape index (κ3) is 5.43. The first-order chi connectivity index (χ1) is 9.86. The van der Waals surface area contributed by atoms with Crippen LogP contribution in [0.5, 0.6) is 0 Å². The van der Waals surface area contributed by atoms with Crippen molar-refractivity contribution in [3.8, 4) is 0 Å².